The van der Waals surface area contributed by atoms with E-state index < -0.39 is 59.8 Å². The van der Waals surface area contributed by atoms with Gasteiger partial charge in [-0.05, 0) is 24.3 Å². The molecule has 0 radical (unpaired) electrons. The Bertz CT molecular complexity index is 1170. The number of benzene rings is 1. The molecule has 2 unspecified atom stereocenters. The molecule has 0 spiro atoms. The first kappa shape index (κ1) is 24.1. The number of pyridine rings is 1. The van der Waals surface area contributed by atoms with E-state index in [9.17, 15) is 33.3 Å². The van der Waals surface area contributed by atoms with Gasteiger partial charge in [-0.3, -0.25) is 4.79 Å². The van der Waals surface area contributed by atoms with Crippen molar-refractivity contribution in [1.82, 2.24) is 20.0 Å². The number of aliphatic hydroxyl groups excluding tert-OH is 3. The molecule has 1 fully saturated rings. The third-order valence-electron chi connectivity index (χ3n) is 5.18. The van der Waals surface area contributed by atoms with E-state index in [1.807, 2.05) is 0 Å². The van der Waals surface area contributed by atoms with Crippen LogP contribution in [-0.2, 0) is 4.74 Å². The smallest absolute Gasteiger partial charge is 0.267 e. The minimum absolute atomic E-state index is 0.0415. The van der Waals surface area contributed by atoms with Crippen LogP contribution in [-0.4, -0.2) is 71.6 Å². The highest BCUT2D eigenvalue weighted by atomic mass is 32.2. The number of thioether (sulfide) groups is 1. The third kappa shape index (κ3) is 4.63. The largest absolute Gasteiger partial charge is 0.394 e. The van der Waals surface area contributed by atoms with E-state index in [0.29, 0.717) is 4.90 Å². The van der Waals surface area contributed by atoms with Gasteiger partial charge in [-0.1, -0.05) is 17.0 Å². The molecule has 0 bridgehead atoms. The van der Waals surface area contributed by atoms with Gasteiger partial charge < -0.3 is 25.8 Å². The number of ether oxygens (including phenoxy) is 1. The van der Waals surface area contributed by atoms with Crippen LogP contribution in [0.2, 0.25) is 0 Å². The molecule has 1 aliphatic rings. The van der Waals surface area contributed by atoms with E-state index in [2.05, 4.69) is 15.3 Å². The SMILES string of the molecule is NC(=O)c1ccc(S[C@H]2OC(CO)[C@H](O)[C@H](n3cc(-c4cc(F)c(F)c(F)c4)nn3)C2O)cn1. The van der Waals surface area contributed by atoms with Crippen LogP contribution in [0.15, 0.2) is 41.6 Å². The van der Waals surface area contributed by atoms with Gasteiger partial charge in [-0.2, -0.15) is 0 Å². The summed E-state index contributed by atoms with van der Waals surface area (Å²) >= 11 is 1.01. The summed E-state index contributed by atoms with van der Waals surface area (Å²) in [4.78, 5) is 15.6. The van der Waals surface area contributed by atoms with Gasteiger partial charge in [-0.15, -0.1) is 5.10 Å². The molecule has 180 valence electrons. The topological polar surface area (TPSA) is 157 Å². The molecular formula is C20H18F3N5O5S. The van der Waals surface area contributed by atoms with Gasteiger partial charge in [0.15, 0.2) is 17.5 Å². The zero-order valence-corrected chi connectivity index (χ0v) is 17.9. The van der Waals surface area contributed by atoms with Crippen LogP contribution in [0, 0.1) is 17.5 Å². The second kappa shape index (κ2) is 9.68. The van der Waals surface area contributed by atoms with Crippen molar-refractivity contribution in [2.45, 2.75) is 34.7 Å². The number of primary amides is 1. The summed E-state index contributed by atoms with van der Waals surface area (Å²) < 4.78 is 47.2. The van der Waals surface area contributed by atoms with Crippen LogP contribution < -0.4 is 5.73 Å². The van der Waals surface area contributed by atoms with Crippen LogP contribution in [0.1, 0.15) is 16.5 Å². The quantitative estimate of drug-likeness (QED) is 0.359. The Kier molecular flexibility index (Phi) is 6.86. The van der Waals surface area contributed by atoms with Gasteiger partial charge in [0.1, 0.15) is 41.2 Å². The van der Waals surface area contributed by atoms with E-state index in [1.165, 1.54) is 24.5 Å². The maximum absolute atomic E-state index is 13.6. The minimum Gasteiger partial charge on any atom is -0.394 e. The highest BCUT2D eigenvalue weighted by Gasteiger charge is 2.46. The molecule has 5 atom stereocenters. The molecule has 0 saturated carbocycles. The van der Waals surface area contributed by atoms with Crippen molar-refractivity contribution in [3.8, 4) is 11.3 Å². The predicted octanol–water partition coefficient (Wildman–Crippen LogP) is 0.629. The molecule has 2 aromatic heterocycles. The fraction of sp³-hybridized carbons (Fsp3) is 0.300. The van der Waals surface area contributed by atoms with Gasteiger partial charge in [0, 0.05) is 16.7 Å². The van der Waals surface area contributed by atoms with E-state index in [0.717, 1.165) is 28.6 Å². The number of hydrogen-bond acceptors (Lipinski definition) is 9. The highest BCUT2D eigenvalue weighted by molar-refractivity contribution is 7.99. The van der Waals surface area contributed by atoms with Crippen LogP contribution >= 0.6 is 11.8 Å². The highest BCUT2D eigenvalue weighted by Crippen LogP contribution is 2.38. The van der Waals surface area contributed by atoms with Gasteiger partial charge >= 0.3 is 0 Å². The number of carbonyl (C=O) groups excluding carboxylic acids is 1. The van der Waals surface area contributed by atoms with Crippen molar-refractivity contribution in [1.29, 1.82) is 0 Å². The monoisotopic (exact) mass is 497 g/mol. The van der Waals surface area contributed by atoms with Crippen LogP contribution in [0.3, 0.4) is 0 Å². The number of nitrogens with two attached hydrogens (primary N) is 1. The fourth-order valence-corrected chi connectivity index (χ4v) is 4.49. The normalized spacial score (nSPS) is 24.8. The Morgan fingerprint density at radius 3 is 2.47 bits per heavy atom. The van der Waals surface area contributed by atoms with E-state index in [4.69, 9.17) is 10.5 Å². The Hall–Kier alpha value is -3.04. The maximum Gasteiger partial charge on any atom is 0.267 e. The van der Waals surface area contributed by atoms with Gasteiger partial charge in [-0.25, -0.2) is 22.8 Å². The number of amides is 1. The number of nitrogens with zero attached hydrogens (tertiary/aromatic N) is 4. The first-order valence-electron chi connectivity index (χ1n) is 9.81. The van der Waals surface area contributed by atoms with Crippen molar-refractivity contribution in [2.75, 3.05) is 6.61 Å². The summed E-state index contributed by atoms with van der Waals surface area (Å²) in [6.45, 7) is -0.587. The Labute approximate surface area is 194 Å². The average molecular weight is 497 g/mol. The van der Waals surface area contributed by atoms with Crippen LogP contribution in [0.5, 0.6) is 0 Å². The van der Waals surface area contributed by atoms with E-state index >= 15 is 0 Å². The zero-order chi connectivity index (χ0) is 24.6. The standard InChI is InChI=1S/C20H18F3N5O5S/c21-10-3-8(4-11(22)15(10)23)13-6-28(27-26-13)16-17(30)14(7-29)33-20(18(16)31)34-9-1-2-12(19(24)32)25-5-9/h1-6,14,16-18,20,29-31H,7H2,(H2,24,32)/t14?,16-,17-,18?,20+/m0/s1. The Morgan fingerprint density at radius 1 is 1.18 bits per heavy atom. The first-order valence-corrected chi connectivity index (χ1v) is 10.7. The summed E-state index contributed by atoms with van der Waals surface area (Å²) in [6.07, 6.45) is -1.37. The fourth-order valence-electron chi connectivity index (χ4n) is 3.47. The van der Waals surface area contributed by atoms with Gasteiger partial charge in [0.2, 0.25) is 0 Å². The van der Waals surface area contributed by atoms with Crippen LogP contribution in [0.4, 0.5) is 13.2 Å². The van der Waals surface area contributed by atoms with Gasteiger partial charge in [0.05, 0.1) is 12.8 Å². The summed E-state index contributed by atoms with van der Waals surface area (Å²) in [7, 11) is 0. The summed E-state index contributed by atoms with van der Waals surface area (Å²) in [5, 5.41) is 38.9. The Balaban J connectivity index is 1.61. The number of halogens is 3. The molecule has 10 nitrogen and oxygen atoms in total. The molecule has 0 aliphatic carbocycles. The zero-order valence-electron chi connectivity index (χ0n) is 17.1. The van der Waals surface area contributed by atoms with Gasteiger partial charge in [0.25, 0.3) is 5.91 Å². The van der Waals surface area contributed by atoms with Crippen molar-refractivity contribution >= 4 is 17.7 Å². The molecule has 4 rings (SSSR count). The molecule has 1 aromatic carbocycles. The van der Waals surface area contributed by atoms with Crippen molar-refractivity contribution in [3.63, 3.8) is 0 Å². The molecule has 3 heterocycles. The first-order chi connectivity index (χ1) is 16.2. The molecule has 14 heteroatoms. The molecule has 5 N–H and O–H groups in total. The molecule has 1 aliphatic heterocycles. The van der Waals surface area contributed by atoms with Crippen LogP contribution in [0.25, 0.3) is 11.3 Å². The number of rotatable bonds is 6. The lowest BCUT2D eigenvalue weighted by Gasteiger charge is -2.41. The lowest BCUT2D eigenvalue weighted by Crippen LogP contribution is -2.55. The molecule has 34 heavy (non-hydrogen) atoms. The minimum atomic E-state index is -1.63. The summed E-state index contributed by atoms with van der Waals surface area (Å²) in [5.74, 6) is -5.17. The molecule has 3 aromatic rings. The molecular weight excluding hydrogens is 479 g/mol. The molecule has 1 amide bonds. The second-order valence-corrected chi connectivity index (χ2v) is 8.57. The van der Waals surface area contributed by atoms with Crippen molar-refractivity contribution < 1.29 is 38.0 Å². The van der Waals surface area contributed by atoms with E-state index in [1.54, 1.807) is 0 Å². The second-order valence-electron chi connectivity index (χ2n) is 7.40. The maximum atomic E-state index is 13.6. The average Bonchev–Trinajstić information content (AvgIpc) is 3.29. The number of aromatic nitrogens is 4. The summed E-state index contributed by atoms with van der Waals surface area (Å²) in [6, 6.07) is 3.23. The third-order valence-corrected chi connectivity index (χ3v) is 6.32. The summed E-state index contributed by atoms with van der Waals surface area (Å²) in [5.41, 5.74) is 4.05. The lowest BCUT2D eigenvalue weighted by atomic mass is 9.97. The predicted molar refractivity (Wildman–Crippen MR) is 111 cm³/mol. The van der Waals surface area contributed by atoms with E-state index in [-0.39, 0.29) is 17.0 Å². The number of hydrogen-bond donors (Lipinski definition) is 4. The number of aliphatic hydroxyl groups is 3. The number of carbonyl (C=O) groups is 1. The van der Waals surface area contributed by atoms with Crippen molar-refractivity contribution in [2.24, 2.45) is 5.73 Å². The van der Waals surface area contributed by atoms with Crippen molar-refractivity contribution in [3.05, 3.63) is 59.8 Å². The lowest BCUT2D eigenvalue weighted by molar-refractivity contribution is -0.178. The molecule has 1 saturated heterocycles. The Morgan fingerprint density at radius 2 is 1.88 bits per heavy atom.